The highest BCUT2D eigenvalue weighted by atomic mass is 32.2. The van der Waals surface area contributed by atoms with E-state index in [9.17, 15) is 18.0 Å². The van der Waals surface area contributed by atoms with Gasteiger partial charge in [0.1, 0.15) is 12.6 Å². The highest BCUT2D eigenvalue weighted by molar-refractivity contribution is 7.92. The molecule has 8 heteroatoms. The van der Waals surface area contributed by atoms with Crippen molar-refractivity contribution in [2.24, 2.45) is 0 Å². The Hall–Kier alpha value is -3.65. The van der Waals surface area contributed by atoms with Gasteiger partial charge in [0.2, 0.25) is 21.8 Å². The summed E-state index contributed by atoms with van der Waals surface area (Å²) in [5.74, 6) is -0.640. The molecule has 3 aromatic rings. The number of benzene rings is 3. The molecular weight excluding hydrogens is 534 g/mol. The molecule has 4 rings (SSSR count). The Bertz CT molecular complexity index is 1420. The van der Waals surface area contributed by atoms with Crippen LogP contribution in [0.15, 0.2) is 78.9 Å². The first-order valence-electron chi connectivity index (χ1n) is 14.4. The number of aryl methyl sites for hydroxylation is 2. The van der Waals surface area contributed by atoms with Crippen molar-refractivity contribution in [1.29, 1.82) is 0 Å². The van der Waals surface area contributed by atoms with Crippen molar-refractivity contribution in [3.05, 3.63) is 101 Å². The second-order valence-corrected chi connectivity index (χ2v) is 12.9. The summed E-state index contributed by atoms with van der Waals surface area (Å²) < 4.78 is 27.0. The number of nitrogens with one attached hydrogen (secondary N) is 1. The van der Waals surface area contributed by atoms with Crippen LogP contribution in [0.1, 0.15) is 54.9 Å². The van der Waals surface area contributed by atoms with E-state index >= 15 is 0 Å². The molecule has 3 aromatic carbocycles. The molecule has 218 valence electrons. The first-order chi connectivity index (χ1) is 19.6. The van der Waals surface area contributed by atoms with Gasteiger partial charge in [0, 0.05) is 19.0 Å². The lowest BCUT2D eigenvalue weighted by atomic mass is 10.0. The lowest BCUT2D eigenvalue weighted by Gasteiger charge is -2.34. The van der Waals surface area contributed by atoms with Gasteiger partial charge < -0.3 is 10.2 Å². The summed E-state index contributed by atoms with van der Waals surface area (Å²) in [7, 11) is -3.78. The quantitative estimate of drug-likeness (QED) is 0.329. The van der Waals surface area contributed by atoms with Crippen molar-refractivity contribution >= 4 is 27.5 Å². The second-order valence-electron chi connectivity index (χ2n) is 11.0. The van der Waals surface area contributed by atoms with Crippen molar-refractivity contribution in [2.75, 3.05) is 17.1 Å². The summed E-state index contributed by atoms with van der Waals surface area (Å²) in [6.45, 7) is 3.79. The van der Waals surface area contributed by atoms with E-state index in [0.717, 1.165) is 64.9 Å². The summed E-state index contributed by atoms with van der Waals surface area (Å²) >= 11 is 0. The van der Waals surface area contributed by atoms with Crippen LogP contribution in [0.5, 0.6) is 0 Å². The fraction of sp³-hybridized carbons (Fsp3) is 0.394. The van der Waals surface area contributed by atoms with Crippen molar-refractivity contribution in [1.82, 2.24) is 10.2 Å². The minimum Gasteiger partial charge on any atom is -0.352 e. The second kappa shape index (κ2) is 13.8. The van der Waals surface area contributed by atoms with Gasteiger partial charge in [0.15, 0.2) is 0 Å². The van der Waals surface area contributed by atoms with E-state index in [-0.39, 0.29) is 18.5 Å². The van der Waals surface area contributed by atoms with Crippen molar-refractivity contribution < 1.29 is 18.0 Å². The lowest BCUT2D eigenvalue weighted by Crippen LogP contribution is -2.54. The van der Waals surface area contributed by atoms with Crippen molar-refractivity contribution in [3.63, 3.8) is 0 Å². The van der Waals surface area contributed by atoms with Gasteiger partial charge in [-0.3, -0.25) is 13.9 Å². The summed E-state index contributed by atoms with van der Waals surface area (Å²) in [6.07, 6.45) is 6.23. The van der Waals surface area contributed by atoms with Crippen molar-refractivity contribution in [3.8, 4) is 0 Å². The average molecular weight is 576 g/mol. The molecule has 0 unspecified atom stereocenters. The molecular formula is C33H41N3O4S. The van der Waals surface area contributed by atoms with Crippen LogP contribution < -0.4 is 9.62 Å². The molecule has 0 aromatic heterocycles. The van der Waals surface area contributed by atoms with Gasteiger partial charge in [-0.15, -0.1) is 0 Å². The van der Waals surface area contributed by atoms with Crippen LogP contribution in [0.25, 0.3) is 0 Å². The summed E-state index contributed by atoms with van der Waals surface area (Å²) in [4.78, 5) is 29.7. The molecule has 0 aliphatic heterocycles. The van der Waals surface area contributed by atoms with Gasteiger partial charge in [-0.2, -0.15) is 0 Å². The summed E-state index contributed by atoms with van der Waals surface area (Å²) in [6, 6.07) is 23.9. The maximum Gasteiger partial charge on any atom is 0.244 e. The molecule has 1 saturated carbocycles. The first kappa shape index (κ1) is 30.3. The molecule has 2 amide bonds. The maximum atomic E-state index is 14.2. The van der Waals surface area contributed by atoms with Gasteiger partial charge in [-0.1, -0.05) is 92.1 Å². The number of hydrogen-bond acceptors (Lipinski definition) is 4. The summed E-state index contributed by atoms with van der Waals surface area (Å²) in [5, 5.41) is 3.19. The van der Waals surface area contributed by atoms with Crippen LogP contribution in [-0.2, 0) is 39.0 Å². The van der Waals surface area contributed by atoms with Crippen LogP contribution in [0, 0.1) is 6.92 Å². The smallest absolute Gasteiger partial charge is 0.244 e. The number of anilines is 1. The molecule has 1 aliphatic carbocycles. The van der Waals surface area contributed by atoms with Gasteiger partial charge in [-0.25, -0.2) is 8.42 Å². The Labute approximate surface area is 244 Å². The number of hydrogen-bond donors (Lipinski definition) is 1. The number of amides is 2. The van der Waals surface area contributed by atoms with E-state index < -0.39 is 28.5 Å². The molecule has 1 aliphatic rings. The zero-order valence-electron chi connectivity index (χ0n) is 24.3. The molecule has 0 spiro atoms. The molecule has 41 heavy (non-hydrogen) atoms. The van der Waals surface area contributed by atoms with Gasteiger partial charge >= 0.3 is 0 Å². The normalized spacial score (nSPS) is 14.4. The van der Waals surface area contributed by atoms with Crippen molar-refractivity contribution in [2.45, 2.75) is 71.0 Å². The largest absolute Gasteiger partial charge is 0.352 e. The minimum absolute atomic E-state index is 0.0845. The number of carbonyl (C=O) groups is 2. The van der Waals surface area contributed by atoms with E-state index in [1.165, 1.54) is 0 Å². The third kappa shape index (κ3) is 8.43. The molecule has 1 fully saturated rings. The number of carbonyl (C=O) groups excluding carboxylic acids is 2. The maximum absolute atomic E-state index is 14.2. The Morgan fingerprint density at radius 3 is 2.17 bits per heavy atom. The Morgan fingerprint density at radius 2 is 1.56 bits per heavy atom. The number of rotatable bonds is 12. The third-order valence-corrected chi connectivity index (χ3v) is 8.86. The zero-order chi connectivity index (χ0) is 29.4. The predicted octanol–water partition coefficient (Wildman–Crippen LogP) is 5.02. The Kier molecular flexibility index (Phi) is 10.2. The van der Waals surface area contributed by atoms with E-state index in [0.29, 0.717) is 12.1 Å². The Balaban J connectivity index is 1.71. The van der Waals surface area contributed by atoms with Gasteiger partial charge in [-0.05, 0) is 55.0 Å². The third-order valence-electron chi connectivity index (χ3n) is 7.72. The SMILES string of the molecule is CCc1ccc(N(CC(=O)N(Cc2cccc(C)c2)[C@@H](Cc2ccccc2)C(=O)NC2CCCC2)S(C)(=O)=O)cc1. The highest BCUT2D eigenvalue weighted by Gasteiger charge is 2.34. The topological polar surface area (TPSA) is 86.8 Å². The zero-order valence-corrected chi connectivity index (χ0v) is 25.1. The first-order valence-corrected chi connectivity index (χ1v) is 16.2. The van der Waals surface area contributed by atoms with Crippen LogP contribution in [-0.4, -0.2) is 50.0 Å². The molecule has 0 heterocycles. The van der Waals surface area contributed by atoms with Crippen LogP contribution in [0.3, 0.4) is 0 Å². The van der Waals surface area contributed by atoms with Crippen LogP contribution in [0.4, 0.5) is 5.69 Å². The highest BCUT2D eigenvalue weighted by Crippen LogP contribution is 2.23. The number of nitrogens with zero attached hydrogens (tertiary/aromatic N) is 2. The van der Waals surface area contributed by atoms with Gasteiger partial charge in [0.25, 0.3) is 0 Å². The minimum atomic E-state index is -3.78. The molecule has 0 radical (unpaired) electrons. The Morgan fingerprint density at radius 1 is 0.902 bits per heavy atom. The van der Waals surface area contributed by atoms with E-state index in [1.54, 1.807) is 17.0 Å². The van der Waals surface area contributed by atoms with E-state index in [2.05, 4.69) is 5.32 Å². The van der Waals surface area contributed by atoms with E-state index in [4.69, 9.17) is 0 Å². The molecule has 0 saturated heterocycles. The molecule has 1 atom stereocenters. The lowest BCUT2D eigenvalue weighted by molar-refractivity contribution is -0.140. The fourth-order valence-electron chi connectivity index (χ4n) is 5.44. The van der Waals surface area contributed by atoms with Crippen LogP contribution >= 0.6 is 0 Å². The standard InChI is InChI=1S/C33H41N3O4S/c1-4-26-17-19-30(20-18-26)36(41(3,39)40)24-32(37)35(23-28-14-10-11-25(2)21-28)31(22-27-12-6-5-7-13-27)33(38)34-29-15-8-9-16-29/h5-7,10-14,17-21,29,31H,4,8-9,15-16,22-24H2,1-3H3,(H,34,38)/t31-/m0/s1. The van der Waals surface area contributed by atoms with E-state index in [1.807, 2.05) is 80.6 Å². The molecule has 1 N–H and O–H groups in total. The monoisotopic (exact) mass is 575 g/mol. The average Bonchev–Trinajstić information content (AvgIpc) is 3.46. The van der Waals surface area contributed by atoms with Crippen LogP contribution in [0.2, 0.25) is 0 Å². The molecule has 7 nitrogen and oxygen atoms in total. The van der Waals surface area contributed by atoms with Gasteiger partial charge in [0.05, 0.1) is 11.9 Å². The predicted molar refractivity (Wildman–Crippen MR) is 164 cm³/mol. The fourth-order valence-corrected chi connectivity index (χ4v) is 6.29. The number of sulfonamides is 1. The molecule has 0 bridgehead atoms. The summed E-state index contributed by atoms with van der Waals surface area (Å²) in [5.41, 5.74) is 4.34.